The lowest BCUT2D eigenvalue weighted by Crippen LogP contribution is -2.39. The number of nitrogens with one attached hydrogen (secondary N) is 1. The molecule has 1 aromatic heterocycles. The highest BCUT2D eigenvalue weighted by Crippen LogP contribution is 2.48. The second-order valence-electron chi connectivity index (χ2n) is 5.90. The van der Waals surface area contributed by atoms with Gasteiger partial charge in [0.05, 0.1) is 5.92 Å². The molecule has 2 N–H and O–H groups in total. The Morgan fingerprint density at radius 3 is 2.60 bits per heavy atom. The number of carbonyl (C=O) groups excluding carboxylic acids is 1. The molecular formula is C15H19NO3S. The molecular weight excluding hydrogens is 274 g/mol. The van der Waals surface area contributed by atoms with Crippen molar-refractivity contribution in [3.8, 4) is 0 Å². The topological polar surface area (TPSA) is 66.4 Å². The zero-order valence-electron chi connectivity index (χ0n) is 11.2. The van der Waals surface area contributed by atoms with E-state index in [0.717, 1.165) is 19.3 Å². The minimum absolute atomic E-state index is 0.127. The Balaban J connectivity index is 1.46. The summed E-state index contributed by atoms with van der Waals surface area (Å²) in [5.74, 6) is -0.240. The van der Waals surface area contributed by atoms with Crippen LogP contribution in [0, 0.1) is 11.8 Å². The first-order chi connectivity index (χ1) is 9.65. The van der Waals surface area contributed by atoms with Crippen molar-refractivity contribution in [2.45, 2.75) is 44.1 Å². The van der Waals surface area contributed by atoms with Crippen molar-refractivity contribution in [2.24, 2.45) is 11.8 Å². The van der Waals surface area contributed by atoms with Crippen LogP contribution in [0.3, 0.4) is 0 Å². The molecule has 5 heteroatoms. The van der Waals surface area contributed by atoms with E-state index in [0.29, 0.717) is 18.8 Å². The summed E-state index contributed by atoms with van der Waals surface area (Å²) in [5.41, 5.74) is 1.28. The van der Waals surface area contributed by atoms with Gasteiger partial charge in [0.25, 0.3) is 0 Å². The average Bonchev–Trinajstić information content (AvgIpc) is 3.06. The molecule has 0 aromatic carbocycles. The summed E-state index contributed by atoms with van der Waals surface area (Å²) in [7, 11) is 0. The summed E-state index contributed by atoms with van der Waals surface area (Å²) in [4.78, 5) is 23.1. The van der Waals surface area contributed by atoms with Crippen LogP contribution < -0.4 is 5.32 Å². The third-order valence-corrected chi connectivity index (χ3v) is 5.22. The van der Waals surface area contributed by atoms with Crippen molar-refractivity contribution in [2.75, 3.05) is 0 Å². The highest BCUT2D eigenvalue weighted by Gasteiger charge is 2.44. The predicted molar refractivity (Wildman–Crippen MR) is 76.7 cm³/mol. The summed E-state index contributed by atoms with van der Waals surface area (Å²) >= 11 is 1.67. The van der Waals surface area contributed by atoms with Gasteiger partial charge in [0.2, 0.25) is 5.91 Å². The van der Waals surface area contributed by atoms with Crippen LogP contribution in [0.15, 0.2) is 16.8 Å². The van der Waals surface area contributed by atoms with Crippen molar-refractivity contribution in [3.63, 3.8) is 0 Å². The number of hydrogen-bond acceptors (Lipinski definition) is 3. The summed E-state index contributed by atoms with van der Waals surface area (Å²) < 4.78 is 0. The Kier molecular flexibility index (Phi) is 3.78. The third-order valence-electron chi connectivity index (χ3n) is 4.52. The van der Waals surface area contributed by atoms with E-state index in [1.165, 1.54) is 5.56 Å². The predicted octanol–water partition coefficient (Wildman–Crippen LogP) is 2.61. The molecule has 1 aromatic rings. The number of aliphatic carboxylic acids is 1. The van der Waals surface area contributed by atoms with Crippen LogP contribution in [0.1, 0.15) is 43.6 Å². The molecule has 0 radical (unpaired) electrons. The smallest absolute Gasteiger partial charge is 0.306 e. The van der Waals surface area contributed by atoms with Crippen LogP contribution in [-0.4, -0.2) is 23.0 Å². The largest absolute Gasteiger partial charge is 0.481 e. The molecule has 4 nitrogen and oxygen atoms in total. The minimum Gasteiger partial charge on any atom is -0.481 e. The normalized spacial score (nSPS) is 32.6. The molecule has 0 spiro atoms. The third kappa shape index (κ3) is 2.87. The first-order valence-corrected chi connectivity index (χ1v) is 8.14. The molecule has 0 unspecified atom stereocenters. The van der Waals surface area contributed by atoms with Crippen LogP contribution >= 0.6 is 11.3 Å². The van der Waals surface area contributed by atoms with Crippen molar-refractivity contribution in [1.29, 1.82) is 0 Å². The second-order valence-corrected chi connectivity index (χ2v) is 6.68. The Labute approximate surface area is 122 Å². The van der Waals surface area contributed by atoms with Crippen molar-refractivity contribution >= 4 is 23.2 Å². The summed E-state index contributed by atoms with van der Waals surface area (Å²) in [6, 6.07) is 2.27. The molecule has 1 amide bonds. The van der Waals surface area contributed by atoms with E-state index in [1.54, 1.807) is 11.3 Å². The number of rotatable bonds is 4. The Morgan fingerprint density at radius 1 is 1.25 bits per heavy atom. The number of hydrogen-bond donors (Lipinski definition) is 2. The van der Waals surface area contributed by atoms with E-state index in [-0.39, 0.29) is 23.8 Å². The van der Waals surface area contributed by atoms with Gasteiger partial charge in [-0.25, -0.2) is 0 Å². The van der Waals surface area contributed by atoms with E-state index in [2.05, 4.69) is 22.1 Å². The fourth-order valence-corrected chi connectivity index (χ4v) is 3.86. The van der Waals surface area contributed by atoms with Gasteiger partial charge in [-0.05, 0) is 60.4 Å². The molecule has 20 heavy (non-hydrogen) atoms. The van der Waals surface area contributed by atoms with Gasteiger partial charge in [-0.3, -0.25) is 9.59 Å². The number of carboxylic acid groups (broad SMARTS) is 1. The minimum atomic E-state index is -0.700. The van der Waals surface area contributed by atoms with Crippen molar-refractivity contribution < 1.29 is 14.7 Å². The van der Waals surface area contributed by atoms with E-state index >= 15 is 0 Å². The van der Waals surface area contributed by atoms with Crippen LogP contribution in [0.2, 0.25) is 0 Å². The maximum atomic E-state index is 12.2. The van der Waals surface area contributed by atoms with E-state index in [9.17, 15) is 9.59 Å². The molecule has 0 saturated heterocycles. The molecule has 3 rings (SSSR count). The number of amides is 1. The lowest BCUT2D eigenvalue weighted by molar-refractivity contribution is -0.142. The first-order valence-electron chi connectivity index (χ1n) is 7.20. The number of carboxylic acids is 1. The molecule has 0 bridgehead atoms. The lowest BCUT2D eigenvalue weighted by Gasteiger charge is -2.26. The van der Waals surface area contributed by atoms with E-state index in [1.807, 2.05) is 0 Å². The van der Waals surface area contributed by atoms with E-state index in [4.69, 9.17) is 5.11 Å². The number of thiophene rings is 1. The molecule has 1 heterocycles. The SMILES string of the molecule is O=C(O)C1CCC(NC(=O)[C@@H]2C[C@H]2c2ccsc2)CC1. The lowest BCUT2D eigenvalue weighted by atomic mass is 9.86. The monoisotopic (exact) mass is 293 g/mol. The molecule has 0 aliphatic heterocycles. The van der Waals surface area contributed by atoms with Gasteiger partial charge in [0.15, 0.2) is 0 Å². The molecule has 2 saturated carbocycles. The highest BCUT2D eigenvalue weighted by molar-refractivity contribution is 7.08. The van der Waals surface area contributed by atoms with Crippen LogP contribution in [0.25, 0.3) is 0 Å². The summed E-state index contributed by atoms with van der Waals surface area (Å²) in [5, 5.41) is 16.2. The summed E-state index contributed by atoms with van der Waals surface area (Å²) in [6.07, 6.45) is 3.89. The van der Waals surface area contributed by atoms with Gasteiger partial charge in [-0.2, -0.15) is 11.3 Å². The van der Waals surface area contributed by atoms with Crippen molar-refractivity contribution in [3.05, 3.63) is 22.4 Å². The van der Waals surface area contributed by atoms with Crippen LogP contribution in [0.4, 0.5) is 0 Å². The fraction of sp³-hybridized carbons (Fsp3) is 0.600. The second kappa shape index (κ2) is 5.56. The maximum Gasteiger partial charge on any atom is 0.306 e. The standard InChI is InChI=1S/C15H19NO3S/c17-14(13-7-12(13)10-5-6-20-8-10)16-11-3-1-9(2-4-11)15(18)19/h5-6,8-9,11-13H,1-4,7H2,(H,16,17)(H,18,19)/t9?,11?,12-,13+/m0/s1. The van der Waals surface area contributed by atoms with Gasteiger partial charge < -0.3 is 10.4 Å². The Bertz CT molecular complexity index is 491. The van der Waals surface area contributed by atoms with Gasteiger partial charge in [-0.1, -0.05) is 0 Å². The molecule has 2 fully saturated rings. The maximum absolute atomic E-state index is 12.2. The molecule has 2 atom stereocenters. The number of carbonyl (C=O) groups is 2. The Morgan fingerprint density at radius 2 is 2.00 bits per heavy atom. The highest BCUT2D eigenvalue weighted by atomic mass is 32.1. The van der Waals surface area contributed by atoms with Crippen LogP contribution in [0.5, 0.6) is 0 Å². The molecule has 2 aliphatic rings. The van der Waals surface area contributed by atoms with Gasteiger partial charge in [-0.15, -0.1) is 0 Å². The molecule has 108 valence electrons. The quantitative estimate of drug-likeness (QED) is 0.896. The molecule has 2 aliphatic carbocycles. The fourth-order valence-electron chi connectivity index (χ4n) is 3.13. The van der Waals surface area contributed by atoms with Gasteiger partial charge in [0, 0.05) is 12.0 Å². The van der Waals surface area contributed by atoms with Gasteiger partial charge in [0.1, 0.15) is 0 Å². The van der Waals surface area contributed by atoms with Gasteiger partial charge >= 0.3 is 5.97 Å². The zero-order valence-corrected chi connectivity index (χ0v) is 12.1. The average molecular weight is 293 g/mol. The Hall–Kier alpha value is -1.36. The van der Waals surface area contributed by atoms with E-state index < -0.39 is 5.97 Å². The first kappa shape index (κ1) is 13.6. The van der Waals surface area contributed by atoms with Crippen LogP contribution in [-0.2, 0) is 9.59 Å². The van der Waals surface area contributed by atoms with Crippen molar-refractivity contribution in [1.82, 2.24) is 5.32 Å². The summed E-state index contributed by atoms with van der Waals surface area (Å²) in [6.45, 7) is 0. The zero-order chi connectivity index (χ0) is 14.1.